The molecule has 3 aromatic rings. The minimum atomic E-state index is -1.03. The number of carbonyl (C=O) groups is 3. The maximum absolute atomic E-state index is 13.3. The van der Waals surface area contributed by atoms with E-state index in [1.54, 1.807) is 6.20 Å². The average molecular weight is 509 g/mol. The number of nitrogens with two attached hydrogens (primary N) is 3. The number of hydrazine groups is 1. The highest BCUT2D eigenvalue weighted by molar-refractivity contribution is 5.92. The van der Waals surface area contributed by atoms with Gasteiger partial charge in [-0.15, -0.1) is 0 Å². The van der Waals surface area contributed by atoms with Crippen molar-refractivity contribution in [2.45, 2.75) is 38.0 Å². The third-order valence-electron chi connectivity index (χ3n) is 5.64. The van der Waals surface area contributed by atoms with Crippen molar-refractivity contribution in [2.75, 3.05) is 6.54 Å². The molecule has 0 saturated carbocycles. The van der Waals surface area contributed by atoms with Gasteiger partial charge in [0.2, 0.25) is 5.91 Å². The van der Waals surface area contributed by atoms with Crippen molar-refractivity contribution in [1.82, 2.24) is 21.0 Å². The largest absolute Gasteiger partial charge is 0.445 e. The Balaban J connectivity index is 1.73. The zero-order valence-corrected chi connectivity index (χ0v) is 20.3. The van der Waals surface area contributed by atoms with Crippen LogP contribution in [-0.2, 0) is 27.4 Å². The second-order valence-corrected chi connectivity index (χ2v) is 8.34. The predicted octanol–water partition coefficient (Wildman–Crippen LogP) is 0.534. The minimum absolute atomic E-state index is 0.0388. The quantitative estimate of drug-likeness (QED) is 0.0461. The number of aromatic amines is 1. The third kappa shape index (κ3) is 8.25. The van der Waals surface area contributed by atoms with Crippen molar-refractivity contribution in [2.24, 2.45) is 22.3 Å². The van der Waals surface area contributed by atoms with Crippen molar-refractivity contribution in [3.63, 3.8) is 0 Å². The summed E-state index contributed by atoms with van der Waals surface area (Å²) in [6, 6.07) is 14.8. The van der Waals surface area contributed by atoms with Gasteiger partial charge in [-0.1, -0.05) is 48.5 Å². The molecule has 0 aliphatic rings. The van der Waals surface area contributed by atoms with Gasteiger partial charge < -0.3 is 31.8 Å². The molecule has 0 aliphatic carbocycles. The van der Waals surface area contributed by atoms with Gasteiger partial charge in [0.25, 0.3) is 5.91 Å². The Kier molecular flexibility index (Phi) is 9.85. The van der Waals surface area contributed by atoms with E-state index < -0.39 is 30.0 Å². The third-order valence-corrected chi connectivity index (χ3v) is 5.64. The van der Waals surface area contributed by atoms with Gasteiger partial charge in [0.05, 0.1) is 0 Å². The molecule has 196 valence electrons. The van der Waals surface area contributed by atoms with E-state index in [9.17, 15) is 14.4 Å². The number of carbonyl (C=O) groups excluding carboxylic acids is 3. The molecule has 0 spiro atoms. The molecule has 0 radical (unpaired) electrons. The highest BCUT2D eigenvalue weighted by atomic mass is 16.5. The van der Waals surface area contributed by atoms with Crippen LogP contribution in [0.5, 0.6) is 0 Å². The molecule has 0 unspecified atom stereocenters. The number of nitrogens with one attached hydrogen (secondary N) is 4. The number of guanidine groups is 1. The number of aliphatic imine (C=N–C) groups is 1. The number of H-pyrrole nitrogens is 1. The summed E-state index contributed by atoms with van der Waals surface area (Å²) in [4.78, 5) is 45.3. The van der Waals surface area contributed by atoms with Gasteiger partial charge >= 0.3 is 6.09 Å². The Bertz CT molecular complexity index is 1220. The molecular formula is C25H32N8O4. The first kappa shape index (κ1) is 27.0. The lowest BCUT2D eigenvalue weighted by atomic mass is 10.0. The molecule has 2 aromatic carbocycles. The van der Waals surface area contributed by atoms with Crippen LogP contribution >= 0.6 is 0 Å². The zero-order valence-electron chi connectivity index (χ0n) is 20.3. The number of nitrogens with zero attached hydrogens (tertiary/aromatic N) is 1. The Hall–Kier alpha value is -4.58. The van der Waals surface area contributed by atoms with E-state index in [1.165, 1.54) is 0 Å². The standard InChI is InChI=1S/C25H32N8O4/c26-24(27)29-12-6-11-20(23(35)33-28)31-22(34)21(13-17-14-30-19-10-5-4-9-18(17)19)32-25(36)37-15-16-7-2-1-3-8-16/h1-5,7-10,14,20-21,30H,6,11-13,15,28H2,(H,31,34)(H,32,36)(H,33,35)(H4,26,27,29)/t20-,21-/m0/s1. The Labute approximate surface area is 214 Å². The molecule has 2 atom stereocenters. The molecule has 0 saturated heterocycles. The molecule has 12 nitrogen and oxygen atoms in total. The van der Waals surface area contributed by atoms with Crippen LogP contribution in [-0.4, -0.2) is 47.5 Å². The Morgan fingerprint density at radius 1 is 0.946 bits per heavy atom. The van der Waals surface area contributed by atoms with Crippen LogP contribution in [0.2, 0.25) is 0 Å². The molecule has 1 heterocycles. The number of fused-ring (bicyclic) bond motifs is 1. The zero-order chi connectivity index (χ0) is 26.6. The number of benzene rings is 2. The number of rotatable bonds is 12. The van der Waals surface area contributed by atoms with E-state index in [0.29, 0.717) is 6.42 Å². The summed E-state index contributed by atoms with van der Waals surface area (Å²) < 4.78 is 5.32. The molecule has 3 amide bonds. The summed E-state index contributed by atoms with van der Waals surface area (Å²) in [5.41, 5.74) is 15.2. The lowest BCUT2D eigenvalue weighted by Crippen LogP contribution is -2.55. The maximum atomic E-state index is 13.3. The number of para-hydroxylation sites is 1. The average Bonchev–Trinajstić information content (AvgIpc) is 3.31. The van der Waals surface area contributed by atoms with Crippen molar-refractivity contribution in [3.8, 4) is 0 Å². The van der Waals surface area contributed by atoms with E-state index in [-0.39, 0.29) is 32.0 Å². The van der Waals surface area contributed by atoms with Crippen LogP contribution < -0.4 is 33.4 Å². The summed E-state index contributed by atoms with van der Waals surface area (Å²) in [5.74, 6) is 4.08. The van der Waals surface area contributed by atoms with Crippen molar-refractivity contribution >= 4 is 34.8 Å². The fraction of sp³-hybridized carbons (Fsp3) is 0.280. The fourth-order valence-corrected chi connectivity index (χ4v) is 3.78. The van der Waals surface area contributed by atoms with Crippen LogP contribution in [0.25, 0.3) is 10.9 Å². The van der Waals surface area contributed by atoms with Crippen LogP contribution in [0, 0.1) is 0 Å². The normalized spacial score (nSPS) is 12.2. The number of hydrogen-bond acceptors (Lipinski definition) is 6. The fourth-order valence-electron chi connectivity index (χ4n) is 3.78. The van der Waals surface area contributed by atoms with E-state index in [1.807, 2.05) is 54.6 Å². The molecular weight excluding hydrogens is 476 g/mol. The highest BCUT2D eigenvalue weighted by Crippen LogP contribution is 2.19. The van der Waals surface area contributed by atoms with E-state index >= 15 is 0 Å². The van der Waals surface area contributed by atoms with Gasteiger partial charge in [-0.2, -0.15) is 0 Å². The highest BCUT2D eigenvalue weighted by Gasteiger charge is 2.28. The predicted molar refractivity (Wildman–Crippen MR) is 140 cm³/mol. The van der Waals surface area contributed by atoms with Crippen LogP contribution in [0.1, 0.15) is 24.0 Å². The molecule has 0 aliphatic heterocycles. The second kappa shape index (κ2) is 13.5. The summed E-state index contributed by atoms with van der Waals surface area (Å²) in [7, 11) is 0. The molecule has 1 aromatic heterocycles. The van der Waals surface area contributed by atoms with Gasteiger partial charge in [-0.25, -0.2) is 10.6 Å². The lowest BCUT2D eigenvalue weighted by Gasteiger charge is -2.22. The first-order chi connectivity index (χ1) is 17.9. The summed E-state index contributed by atoms with van der Waals surface area (Å²) in [5, 5.41) is 6.21. The second-order valence-electron chi connectivity index (χ2n) is 8.34. The number of aromatic nitrogens is 1. The molecule has 12 heteroatoms. The molecule has 3 rings (SSSR count). The van der Waals surface area contributed by atoms with Crippen LogP contribution in [0.3, 0.4) is 0 Å². The topological polar surface area (TPSA) is 203 Å². The summed E-state index contributed by atoms with van der Waals surface area (Å²) in [6.07, 6.45) is 1.80. The number of hydrogen-bond donors (Lipinski definition) is 7. The summed E-state index contributed by atoms with van der Waals surface area (Å²) >= 11 is 0. The van der Waals surface area contributed by atoms with Crippen LogP contribution in [0.15, 0.2) is 65.8 Å². The number of alkyl carbamates (subject to hydrolysis) is 1. The molecule has 0 bridgehead atoms. The number of amides is 3. The van der Waals surface area contributed by atoms with Crippen molar-refractivity contribution in [3.05, 3.63) is 71.9 Å². The number of ether oxygens (including phenoxy) is 1. The van der Waals surface area contributed by atoms with Crippen LogP contribution in [0.4, 0.5) is 4.79 Å². The van der Waals surface area contributed by atoms with E-state index in [0.717, 1.165) is 22.0 Å². The first-order valence-electron chi connectivity index (χ1n) is 11.8. The van der Waals surface area contributed by atoms with Gasteiger partial charge in [0, 0.05) is 30.1 Å². The smallest absolute Gasteiger partial charge is 0.408 e. The minimum Gasteiger partial charge on any atom is -0.445 e. The lowest BCUT2D eigenvalue weighted by molar-refractivity contribution is -0.130. The SMILES string of the molecule is NNC(=O)[C@H](CCCN=C(N)N)NC(=O)[C@H](Cc1c[nH]c2ccccc12)NC(=O)OCc1ccccc1. The van der Waals surface area contributed by atoms with Crippen molar-refractivity contribution in [1.29, 1.82) is 0 Å². The van der Waals surface area contributed by atoms with Gasteiger partial charge in [-0.3, -0.25) is 20.0 Å². The monoisotopic (exact) mass is 508 g/mol. The first-order valence-corrected chi connectivity index (χ1v) is 11.8. The molecule has 37 heavy (non-hydrogen) atoms. The van der Waals surface area contributed by atoms with E-state index in [4.69, 9.17) is 22.0 Å². The van der Waals surface area contributed by atoms with Gasteiger partial charge in [0.15, 0.2) is 5.96 Å². The Morgan fingerprint density at radius 2 is 1.68 bits per heavy atom. The van der Waals surface area contributed by atoms with Gasteiger partial charge in [0.1, 0.15) is 18.7 Å². The van der Waals surface area contributed by atoms with Gasteiger partial charge in [-0.05, 0) is 30.0 Å². The maximum Gasteiger partial charge on any atom is 0.408 e. The Morgan fingerprint density at radius 3 is 2.41 bits per heavy atom. The molecule has 0 fully saturated rings. The van der Waals surface area contributed by atoms with E-state index in [2.05, 4.69) is 26.0 Å². The van der Waals surface area contributed by atoms with Crippen molar-refractivity contribution < 1.29 is 19.1 Å². The summed E-state index contributed by atoms with van der Waals surface area (Å²) in [6.45, 7) is 0.312. The molecule has 10 N–H and O–H groups in total.